The maximum atomic E-state index is 4.80. The Bertz CT molecular complexity index is 446. The first kappa shape index (κ1) is 14.6. The predicted molar refractivity (Wildman–Crippen MR) is 87.9 cm³/mol. The van der Waals surface area contributed by atoms with E-state index in [1.54, 1.807) is 0 Å². The molecule has 1 saturated heterocycles. The van der Waals surface area contributed by atoms with Gasteiger partial charge in [0.1, 0.15) is 5.82 Å². The largest absolute Gasteiger partial charge is 0.367 e. The first-order valence-electron chi connectivity index (χ1n) is 8.68. The topological polar surface area (TPSA) is 41.1 Å². The summed E-state index contributed by atoms with van der Waals surface area (Å²) in [6.45, 7) is 4.29. The van der Waals surface area contributed by atoms with Gasteiger partial charge in [-0.3, -0.25) is 0 Å². The summed E-state index contributed by atoms with van der Waals surface area (Å²) in [5.41, 5.74) is 1.07. The van der Waals surface area contributed by atoms with Crippen molar-refractivity contribution in [2.75, 3.05) is 23.3 Å². The Labute approximate surface area is 128 Å². The Balaban J connectivity index is 1.72. The van der Waals surface area contributed by atoms with E-state index in [4.69, 9.17) is 4.98 Å². The monoisotopic (exact) mass is 288 g/mol. The second-order valence-electron chi connectivity index (χ2n) is 6.58. The van der Waals surface area contributed by atoms with Gasteiger partial charge in [-0.2, -0.15) is 4.98 Å². The summed E-state index contributed by atoms with van der Waals surface area (Å²) < 4.78 is 0. The average Bonchev–Trinajstić information content (AvgIpc) is 2.77. The SMILES string of the molecule is Cc1cc(NC2CCCCC2)nc(N2CCCCCC2)n1. The van der Waals surface area contributed by atoms with Crippen LogP contribution in [-0.4, -0.2) is 29.1 Å². The fourth-order valence-corrected chi connectivity index (χ4v) is 3.49. The van der Waals surface area contributed by atoms with Gasteiger partial charge in [-0.25, -0.2) is 4.98 Å². The molecule has 0 atom stereocenters. The minimum atomic E-state index is 0.602. The molecule has 1 aliphatic carbocycles. The maximum Gasteiger partial charge on any atom is 0.227 e. The second-order valence-corrected chi connectivity index (χ2v) is 6.58. The van der Waals surface area contributed by atoms with E-state index in [0.29, 0.717) is 6.04 Å². The van der Waals surface area contributed by atoms with E-state index in [0.717, 1.165) is 30.5 Å². The number of aryl methyl sites for hydroxylation is 1. The molecule has 0 radical (unpaired) electrons. The molecule has 1 saturated carbocycles. The fraction of sp³-hybridized carbons (Fsp3) is 0.765. The molecule has 1 N–H and O–H groups in total. The molecular weight excluding hydrogens is 260 g/mol. The van der Waals surface area contributed by atoms with Crippen molar-refractivity contribution >= 4 is 11.8 Å². The molecule has 4 nitrogen and oxygen atoms in total. The van der Waals surface area contributed by atoms with Gasteiger partial charge in [-0.15, -0.1) is 0 Å². The lowest BCUT2D eigenvalue weighted by molar-refractivity contribution is 0.462. The van der Waals surface area contributed by atoms with Crippen LogP contribution in [0.4, 0.5) is 11.8 Å². The van der Waals surface area contributed by atoms with Crippen LogP contribution in [0.2, 0.25) is 0 Å². The van der Waals surface area contributed by atoms with E-state index in [1.807, 2.05) is 0 Å². The van der Waals surface area contributed by atoms with Crippen molar-refractivity contribution < 1.29 is 0 Å². The maximum absolute atomic E-state index is 4.80. The van der Waals surface area contributed by atoms with Crippen LogP contribution in [0.5, 0.6) is 0 Å². The van der Waals surface area contributed by atoms with Crippen LogP contribution in [0.1, 0.15) is 63.5 Å². The van der Waals surface area contributed by atoms with Crippen molar-refractivity contribution in [3.63, 3.8) is 0 Å². The number of nitrogens with zero attached hydrogens (tertiary/aromatic N) is 3. The van der Waals surface area contributed by atoms with Crippen molar-refractivity contribution in [1.29, 1.82) is 0 Å². The Morgan fingerprint density at radius 3 is 2.33 bits per heavy atom. The van der Waals surface area contributed by atoms with E-state index < -0.39 is 0 Å². The lowest BCUT2D eigenvalue weighted by Crippen LogP contribution is -2.27. The first-order valence-corrected chi connectivity index (χ1v) is 8.68. The number of nitrogens with one attached hydrogen (secondary N) is 1. The molecule has 0 aromatic carbocycles. The van der Waals surface area contributed by atoms with Gasteiger partial charge < -0.3 is 10.2 Å². The molecule has 1 aromatic rings. The third-order valence-electron chi connectivity index (χ3n) is 4.69. The van der Waals surface area contributed by atoms with E-state index >= 15 is 0 Å². The first-order chi connectivity index (χ1) is 10.3. The highest BCUT2D eigenvalue weighted by atomic mass is 15.3. The van der Waals surface area contributed by atoms with E-state index in [9.17, 15) is 0 Å². The minimum Gasteiger partial charge on any atom is -0.367 e. The average molecular weight is 288 g/mol. The van der Waals surface area contributed by atoms with Crippen molar-refractivity contribution in [2.45, 2.75) is 70.8 Å². The summed E-state index contributed by atoms with van der Waals surface area (Å²) in [4.78, 5) is 11.8. The van der Waals surface area contributed by atoms with E-state index in [1.165, 1.54) is 57.8 Å². The summed E-state index contributed by atoms with van der Waals surface area (Å²) in [5, 5.41) is 3.64. The standard InChI is InChI=1S/C17H28N4/c1-14-13-16(19-15-9-5-4-6-10-15)20-17(18-14)21-11-7-2-3-8-12-21/h13,15H,2-12H2,1H3,(H,18,19,20). The van der Waals surface area contributed by atoms with Crippen molar-refractivity contribution in [1.82, 2.24) is 9.97 Å². The number of rotatable bonds is 3. The molecule has 1 aliphatic heterocycles. The number of hydrogen-bond acceptors (Lipinski definition) is 4. The van der Waals surface area contributed by atoms with Crippen LogP contribution in [0, 0.1) is 6.92 Å². The van der Waals surface area contributed by atoms with E-state index in [-0.39, 0.29) is 0 Å². The van der Waals surface area contributed by atoms with Gasteiger partial charge in [0, 0.05) is 30.9 Å². The van der Waals surface area contributed by atoms with Crippen molar-refractivity contribution in [3.8, 4) is 0 Å². The van der Waals surface area contributed by atoms with Crippen molar-refractivity contribution in [2.24, 2.45) is 0 Å². The van der Waals surface area contributed by atoms with Gasteiger partial charge in [0.2, 0.25) is 5.95 Å². The molecule has 116 valence electrons. The van der Waals surface area contributed by atoms with Crippen molar-refractivity contribution in [3.05, 3.63) is 11.8 Å². The third-order valence-corrected chi connectivity index (χ3v) is 4.69. The van der Waals surface area contributed by atoms with Gasteiger partial charge in [-0.1, -0.05) is 32.1 Å². The smallest absolute Gasteiger partial charge is 0.227 e. The molecular formula is C17H28N4. The second kappa shape index (κ2) is 7.10. The molecule has 2 aliphatic rings. The van der Waals surface area contributed by atoms with Gasteiger partial charge in [0.25, 0.3) is 0 Å². The van der Waals surface area contributed by atoms with Crippen LogP contribution in [0.15, 0.2) is 6.07 Å². The molecule has 0 spiro atoms. The van der Waals surface area contributed by atoms with Gasteiger partial charge in [0.15, 0.2) is 0 Å². The third kappa shape index (κ3) is 4.08. The van der Waals surface area contributed by atoms with Crippen LogP contribution < -0.4 is 10.2 Å². The zero-order valence-electron chi connectivity index (χ0n) is 13.3. The molecule has 2 fully saturated rings. The number of hydrogen-bond donors (Lipinski definition) is 1. The Morgan fingerprint density at radius 1 is 0.952 bits per heavy atom. The Hall–Kier alpha value is -1.32. The highest BCUT2D eigenvalue weighted by Crippen LogP contribution is 2.23. The zero-order chi connectivity index (χ0) is 14.5. The minimum absolute atomic E-state index is 0.602. The predicted octanol–water partition coefficient (Wildman–Crippen LogP) is 3.91. The highest BCUT2D eigenvalue weighted by molar-refractivity contribution is 5.44. The van der Waals surface area contributed by atoms with Crippen LogP contribution in [-0.2, 0) is 0 Å². The zero-order valence-corrected chi connectivity index (χ0v) is 13.3. The lowest BCUT2D eigenvalue weighted by Gasteiger charge is -2.25. The fourth-order valence-electron chi connectivity index (χ4n) is 3.49. The summed E-state index contributed by atoms with van der Waals surface area (Å²) in [5.74, 6) is 1.95. The summed E-state index contributed by atoms with van der Waals surface area (Å²) >= 11 is 0. The van der Waals surface area contributed by atoms with E-state index in [2.05, 4.69) is 28.2 Å². The van der Waals surface area contributed by atoms with Gasteiger partial charge in [-0.05, 0) is 32.6 Å². The molecule has 21 heavy (non-hydrogen) atoms. The summed E-state index contributed by atoms with van der Waals surface area (Å²) in [7, 11) is 0. The van der Waals surface area contributed by atoms with Crippen LogP contribution >= 0.6 is 0 Å². The highest BCUT2D eigenvalue weighted by Gasteiger charge is 2.16. The van der Waals surface area contributed by atoms with Crippen LogP contribution in [0.3, 0.4) is 0 Å². The number of aromatic nitrogens is 2. The quantitative estimate of drug-likeness (QED) is 0.915. The molecule has 2 heterocycles. The van der Waals surface area contributed by atoms with Crippen LogP contribution in [0.25, 0.3) is 0 Å². The Morgan fingerprint density at radius 2 is 1.62 bits per heavy atom. The normalized spacial score (nSPS) is 21.1. The molecule has 0 amide bonds. The molecule has 4 heteroatoms. The Kier molecular flexibility index (Phi) is 4.94. The molecule has 1 aromatic heterocycles. The summed E-state index contributed by atoms with van der Waals surface area (Å²) in [6.07, 6.45) is 11.9. The number of anilines is 2. The van der Waals surface area contributed by atoms with Gasteiger partial charge in [0.05, 0.1) is 0 Å². The van der Waals surface area contributed by atoms with Gasteiger partial charge >= 0.3 is 0 Å². The lowest BCUT2D eigenvalue weighted by atomic mass is 9.95. The molecule has 0 bridgehead atoms. The molecule has 3 rings (SSSR count). The molecule has 0 unspecified atom stereocenters. The summed E-state index contributed by atoms with van der Waals surface area (Å²) in [6, 6.07) is 2.70.